The third-order valence-electron chi connectivity index (χ3n) is 22.8. The molecule has 0 radical (unpaired) electrons. The van der Waals surface area contributed by atoms with Crippen LogP contribution in [0.4, 0.5) is 37.2 Å². The zero-order valence-electron chi connectivity index (χ0n) is 81.8. The summed E-state index contributed by atoms with van der Waals surface area (Å²) in [5.41, 5.74) is 1.07. The monoisotopic (exact) mass is 1930 g/mol. The summed E-state index contributed by atoms with van der Waals surface area (Å²) in [5, 5.41) is 57.7. The molecule has 4 amide bonds. The number of hydrogen-bond acceptors (Lipinski definition) is 22. The number of amidine groups is 4. The molecule has 0 fully saturated rings. The van der Waals surface area contributed by atoms with Crippen LogP contribution in [0.5, 0.6) is 0 Å². The smallest absolute Gasteiger partial charge is 0.348 e. The second-order valence-electron chi connectivity index (χ2n) is 41.9. The van der Waals surface area contributed by atoms with Crippen molar-refractivity contribution in [1.82, 2.24) is 19.6 Å². The van der Waals surface area contributed by atoms with Crippen molar-refractivity contribution in [1.29, 1.82) is 0 Å². The first-order valence-electron chi connectivity index (χ1n) is 45.1. The second kappa shape index (κ2) is 40.6. The van der Waals surface area contributed by atoms with Gasteiger partial charge in [0.2, 0.25) is 10.0 Å². The Labute approximate surface area is 778 Å². The van der Waals surface area contributed by atoms with Gasteiger partial charge in [-0.05, 0) is 184 Å². The van der Waals surface area contributed by atoms with Crippen molar-refractivity contribution in [2.24, 2.45) is 63.4 Å². The number of nitrogens with one attached hydrogen (secondary N) is 5. The van der Waals surface area contributed by atoms with Crippen LogP contribution < -0.4 is 47.2 Å². The van der Waals surface area contributed by atoms with Gasteiger partial charge in [0.25, 0.3) is 23.6 Å². The number of sulfonamides is 1. The maximum absolute atomic E-state index is 14.6. The molecule has 8 atom stereocenters. The molecule has 8 aliphatic rings. The van der Waals surface area contributed by atoms with Crippen molar-refractivity contribution in [3.63, 3.8) is 0 Å². The summed E-state index contributed by atoms with van der Waals surface area (Å²) in [7, 11) is -18.7. The molecule has 12 rings (SSSR count). The molecule has 4 aromatic carbocycles. The fraction of sp³-hybridized carbons (Fsp3) is 0.574. The fourth-order valence-corrected chi connectivity index (χ4v) is 24.1. The first-order chi connectivity index (χ1) is 60.8. The summed E-state index contributed by atoms with van der Waals surface area (Å²) in [6.07, 6.45) is 5.47. The molecular weight excluding hydrogens is 1790 g/mol. The number of carbonyl (C=O) groups is 4. The molecule has 0 bridgehead atoms. The largest absolute Gasteiger partial charge is 0.509 e. The summed E-state index contributed by atoms with van der Waals surface area (Å²) in [5.74, 6) is -2.37. The van der Waals surface area contributed by atoms with E-state index >= 15 is 0 Å². The van der Waals surface area contributed by atoms with E-state index in [1.54, 1.807) is 59.4 Å². The fourth-order valence-electron chi connectivity index (χ4n) is 16.4. The number of nitrogens with zero attached hydrogens (tertiary/aromatic N) is 8. The molecule has 132 heavy (non-hydrogen) atoms. The highest BCUT2D eigenvalue weighted by Gasteiger charge is 2.54. The van der Waals surface area contributed by atoms with E-state index in [1.165, 1.54) is 42.5 Å². The minimum atomic E-state index is -3.88. The molecule has 4 aromatic rings. The molecule has 9 N–H and O–H groups in total. The quantitative estimate of drug-likeness (QED) is 0.0264. The zero-order valence-corrected chi connectivity index (χ0v) is 86.2. The van der Waals surface area contributed by atoms with Crippen molar-refractivity contribution in [2.45, 2.75) is 250 Å². The van der Waals surface area contributed by atoms with Gasteiger partial charge >= 0.3 is 30.1 Å². The predicted octanol–water partition coefficient (Wildman–Crippen LogP) is 19.4. The molecule has 0 aromatic heterocycles. The Morgan fingerprint density at radius 1 is 0.439 bits per heavy atom. The van der Waals surface area contributed by atoms with Crippen LogP contribution in [0.1, 0.15) is 224 Å². The third kappa shape index (κ3) is 24.5. The topological polar surface area (TPSA) is 411 Å². The number of carbonyl (C=O) groups excluding carboxylic acids is 4. The molecule has 728 valence electrons. The lowest BCUT2D eigenvalue weighted by Gasteiger charge is -2.36. The average molecular weight is 1930 g/mol. The lowest BCUT2D eigenvalue weighted by molar-refractivity contribution is -0.129. The van der Waals surface area contributed by atoms with Crippen LogP contribution in [0.25, 0.3) is 0 Å². The molecule has 31 nitrogen and oxygen atoms in total. The highest BCUT2D eigenvalue weighted by molar-refractivity contribution is 7.92. The van der Waals surface area contributed by atoms with E-state index in [9.17, 15) is 75.1 Å². The molecule has 0 aliphatic carbocycles. The van der Waals surface area contributed by atoms with E-state index < -0.39 is 98.1 Å². The maximum atomic E-state index is 14.6. The highest BCUT2D eigenvalue weighted by Crippen LogP contribution is 2.58. The summed E-state index contributed by atoms with van der Waals surface area (Å²) < 4.78 is 148. The van der Waals surface area contributed by atoms with Crippen molar-refractivity contribution in [3.8, 4) is 0 Å². The number of rotatable bonds is 26. The molecule has 38 heteroatoms. The van der Waals surface area contributed by atoms with Crippen LogP contribution in [0.15, 0.2) is 137 Å². The Kier molecular flexibility index (Phi) is 32.9. The van der Waals surface area contributed by atoms with Gasteiger partial charge in [-0.2, -0.15) is 19.1 Å². The number of hydrogen-bond donors (Lipinski definition) is 9. The maximum Gasteiger partial charge on any atom is 0.348 e. The Morgan fingerprint density at radius 2 is 0.795 bits per heavy atom. The van der Waals surface area contributed by atoms with Gasteiger partial charge < -0.3 is 79.4 Å². The first kappa shape index (κ1) is 107. The molecule has 0 spiro atoms. The molecule has 8 aliphatic heterocycles. The Morgan fingerprint density at radius 3 is 1.17 bits per heavy atom. The predicted molar refractivity (Wildman–Crippen MR) is 523 cm³/mol. The number of aliphatic hydroxyl groups excluding tert-OH is 4. The first-order valence-corrected chi connectivity index (χ1v) is 53.3. The summed E-state index contributed by atoms with van der Waals surface area (Å²) in [6, 6.07) is 15.7. The van der Waals surface area contributed by atoms with Crippen LogP contribution in [-0.2, 0) is 65.6 Å². The number of halogens is 2. The summed E-state index contributed by atoms with van der Waals surface area (Å²) in [6.45, 7) is 55.9. The van der Waals surface area contributed by atoms with E-state index in [4.69, 9.17) is 18.1 Å². The number of anilines is 5. The number of fused-ring (bicyclic) bond motifs is 4. The van der Waals surface area contributed by atoms with Crippen molar-refractivity contribution >= 4 is 137 Å². The van der Waals surface area contributed by atoms with Gasteiger partial charge in [0, 0.05) is 31.9 Å². The molecule has 0 saturated carbocycles. The lowest BCUT2D eigenvalue weighted by Crippen LogP contribution is -2.45. The van der Waals surface area contributed by atoms with Crippen LogP contribution in [0, 0.1) is 62.9 Å². The minimum Gasteiger partial charge on any atom is -0.509 e. The van der Waals surface area contributed by atoms with Gasteiger partial charge in [-0.25, -0.2) is 17.2 Å². The number of benzene rings is 4. The van der Waals surface area contributed by atoms with Gasteiger partial charge in [-0.3, -0.25) is 42.2 Å². The van der Waals surface area contributed by atoms with Gasteiger partial charge in [0.15, 0.2) is 23.3 Å². The minimum absolute atomic E-state index is 0.00331. The van der Waals surface area contributed by atoms with Crippen molar-refractivity contribution < 1.29 is 93.2 Å². The Balaban J connectivity index is 0.000000198. The molecule has 8 unspecified atom stereocenters. The lowest BCUT2D eigenvalue weighted by atomic mass is 9.84. The van der Waals surface area contributed by atoms with Gasteiger partial charge in [-0.1, -0.05) is 164 Å². The summed E-state index contributed by atoms with van der Waals surface area (Å²) in [4.78, 5) is 60.9. The molecule has 0 saturated heterocycles. The van der Waals surface area contributed by atoms with Gasteiger partial charge in [-0.15, -0.1) is 0 Å². The van der Waals surface area contributed by atoms with Crippen LogP contribution in [-0.4, -0.2) is 178 Å². The van der Waals surface area contributed by atoms with E-state index in [0.29, 0.717) is 66.8 Å². The third-order valence-corrected chi connectivity index (χ3v) is 31.6. The number of amides is 4. The molecular formula is C94H139F2N13O18P4S. The van der Waals surface area contributed by atoms with Crippen LogP contribution >= 0.6 is 30.1 Å². The number of aliphatic hydroxyl groups is 4. The van der Waals surface area contributed by atoms with E-state index in [0.717, 1.165) is 50.0 Å². The van der Waals surface area contributed by atoms with Gasteiger partial charge in [0.05, 0.1) is 101 Å². The second-order valence-corrected chi connectivity index (χ2v) is 51.6. The Bertz CT molecular complexity index is 5690. The van der Waals surface area contributed by atoms with Crippen molar-refractivity contribution in [2.75, 3.05) is 84.9 Å². The standard InChI is InChI=1S/C24H37N4O6PS.C24H36N3O4P.2C23H33FN3O4P/c1-7-34-35(31)20-14-17(27-36(6,32)33)9-10-18(20)25-23(26-35)21-22(29)19(11-8-15(2)3)28(24(21)30)13-12-16(4)5;1-9-31-32(30)17-11-10-15(2)14-16(17)25-21(26-32)18-19(28)20(24(6,7)8)27(22(18)29)13-12-23(3,4)5;1-8-31-32(30)16-13-14(24)9-10-15(16)25-20(26-32)17-18(28)19(23(5,6)7)27(21(17)29)12-11-22(2,3)4;1-8-31-32(30)15-11-9-10-14(24)17(15)25-20(26-32)16-18(28)19(23(5,6)7)27(21(16)29)13-12-22(2,3)4/h9-10,14-16,19,27,29H,7-8,11-13H2,1-6H3,(H,25,26,31);10-11,14,20,28H,9,12-13H2,1-8H3,(H,25,26,30);9-10,13,19,28H,8,11-12H2,1-7H3,(H,25,26,30);9-11,19,28H,8,12-13H2,1-7H3,(H,25,26,30). The van der Waals surface area contributed by atoms with Crippen LogP contribution in [0.3, 0.4) is 0 Å². The van der Waals surface area contributed by atoms with Gasteiger partial charge in [0.1, 0.15) is 57.0 Å². The summed E-state index contributed by atoms with van der Waals surface area (Å²) >= 11 is 0. The van der Waals surface area contributed by atoms with Crippen LogP contribution in [0.2, 0.25) is 0 Å². The van der Waals surface area contributed by atoms with E-state index in [2.05, 4.69) is 135 Å². The number of aryl methyl sites for hydroxylation is 1. The van der Waals surface area contributed by atoms with E-state index in [1.807, 2.05) is 81.4 Å². The Hall–Kier alpha value is -8.83. The van der Waals surface area contributed by atoms with E-state index in [-0.39, 0.29) is 156 Å². The average Bonchev–Trinajstić information content (AvgIpc) is 1.52. The zero-order chi connectivity index (χ0) is 99.0. The van der Waals surface area contributed by atoms with Crippen molar-refractivity contribution in [3.05, 3.63) is 135 Å². The highest BCUT2D eigenvalue weighted by atomic mass is 32.2. The number of para-hydroxylation sites is 1. The normalized spacial score (nSPS) is 23.4. The SMILES string of the molecule is CCOP1(=O)N=C(C2=C(O)C(C(C)(C)C)N(CCC(C)(C)C)C2=O)Nc2c(F)cccc21.CCOP1(=O)N=C(C2=C(O)C(C(C)(C)C)N(CCC(C)(C)C)C2=O)Nc2cc(C)ccc21.CCOP1(=O)N=C(C2=C(O)C(C(C)(C)C)N(CCC(C)(C)C)C2=O)Nc2ccc(F)cc21.CCOP1(=O)N=C(C2=C(O)C(CCC(C)C)N(CCC(C)C)C2=O)Nc2ccc(NS(C)(=O)=O)cc21. The molecule has 8 heterocycles.